The summed E-state index contributed by atoms with van der Waals surface area (Å²) in [5.74, 6) is -0.917. The van der Waals surface area contributed by atoms with Gasteiger partial charge in [-0.15, -0.1) is 0 Å². The van der Waals surface area contributed by atoms with E-state index in [1.807, 2.05) is 54.6 Å². The van der Waals surface area contributed by atoms with Gasteiger partial charge in [0.2, 0.25) is 11.8 Å². The Morgan fingerprint density at radius 3 is 2.14 bits per heavy atom. The zero-order valence-corrected chi connectivity index (χ0v) is 19.0. The van der Waals surface area contributed by atoms with Gasteiger partial charge >= 0.3 is 0 Å². The van der Waals surface area contributed by atoms with Crippen LogP contribution in [0.3, 0.4) is 0 Å². The number of rotatable bonds is 4. The number of carbonyl (C=O) groups excluding carboxylic acids is 3. The minimum atomic E-state index is -0.688. The summed E-state index contributed by atoms with van der Waals surface area (Å²) >= 11 is 0. The summed E-state index contributed by atoms with van der Waals surface area (Å²) in [6.45, 7) is 0. The first-order chi connectivity index (χ1) is 17.1. The van der Waals surface area contributed by atoms with E-state index >= 15 is 0 Å². The molecule has 1 fully saturated rings. The summed E-state index contributed by atoms with van der Waals surface area (Å²) in [4.78, 5) is 44.5. The van der Waals surface area contributed by atoms with Crippen molar-refractivity contribution in [3.63, 3.8) is 0 Å². The maximum absolute atomic E-state index is 13.4. The summed E-state index contributed by atoms with van der Waals surface area (Å²) in [7, 11) is 0. The molecule has 35 heavy (non-hydrogen) atoms. The second-order valence-corrected chi connectivity index (χ2v) is 8.96. The van der Waals surface area contributed by atoms with E-state index in [1.165, 1.54) is 0 Å². The van der Waals surface area contributed by atoms with Gasteiger partial charge in [0.15, 0.2) is 0 Å². The molecule has 1 N–H and O–H groups in total. The van der Waals surface area contributed by atoms with Crippen LogP contribution in [0.1, 0.15) is 57.9 Å². The fourth-order valence-corrected chi connectivity index (χ4v) is 5.24. The summed E-state index contributed by atoms with van der Waals surface area (Å²) in [5.41, 5.74) is 6.14. The number of carbonyl (C=O) groups is 3. The fraction of sp³-hybridized carbons (Fsp3) is 0.172. The number of nitrogens with zero attached hydrogens (tertiary/aromatic N) is 2. The lowest BCUT2D eigenvalue weighted by molar-refractivity contribution is -0.136. The van der Waals surface area contributed by atoms with E-state index in [0.29, 0.717) is 18.4 Å². The first-order valence-electron chi connectivity index (χ1n) is 11.8. The van der Waals surface area contributed by atoms with Crippen LogP contribution in [-0.4, -0.2) is 34.4 Å². The van der Waals surface area contributed by atoms with E-state index in [4.69, 9.17) is 4.99 Å². The lowest BCUT2D eigenvalue weighted by Gasteiger charge is -2.31. The Hall–Kier alpha value is -4.32. The van der Waals surface area contributed by atoms with Gasteiger partial charge in [0.05, 0.1) is 0 Å². The van der Waals surface area contributed by atoms with E-state index < -0.39 is 11.9 Å². The highest BCUT2D eigenvalue weighted by molar-refractivity contribution is 6.19. The second kappa shape index (κ2) is 8.47. The Balaban J connectivity index is 1.44. The van der Waals surface area contributed by atoms with Gasteiger partial charge in [-0.3, -0.25) is 29.6 Å². The average molecular weight is 462 g/mol. The van der Waals surface area contributed by atoms with Crippen molar-refractivity contribution in [2.45, 2.75) is 31.3 Å². The van der Waals surface area contributed by atoms with Crippen LogP contribution in [0.2, 0.25) is 0 Å². The molecule has 6 rings (SSSR count). The van der Waals surface area contributed by atoms with Crippen molar-refractivity contribution in [3.8, 4) is 0 Å². The highest BCUT2D eigenvalue weighted by Crippen LogP contribution is 2.42. The van der Waals surface area contributed by atoms with E-state index in [1.54, 1.807) is 11.0 Å². The molecule has 3 aromatic carbocycles. The molecule has 3 aliphatic rings. The molecule has 172 valence electrons. The monoisotopic (exact) mass is 461 g/mol. The minimum Gasteiger partial charge on any atom is -0.295 e. The van der Waals surface area contributed by atoms with Crippen LogP contribution in [0.25, 0.3) is 5.70 Å². The molecule has 0 saturated carbocycles. The third-order valence-corrected chi connectivity index (χ3v) is 6.87. The number of hydrogen-bond donors (Lipinski definition) is 1. The van der Waals surface area contributed by atoms with Crippen LogP contribution < -0.4 is 5.32 Å². The van der Waals surface area contributed by atoms with Crippen molar-refractivity contribution in [1.82, 2.24) is 10.2 Å². The molecular formula is C29H23N3O3. The van der Waals surface area contributed by atoms with E-state index in [2.05, 4.69) is 29.6 Å². The molecule has 0 bridgehead atoms. The molecule has 1 aliphatic carbocycles. The van der Waals surface area contributed by atoms with Crippen LogP contribution >= 0.6 is 0 Å². The standard InChI is InChI=1S/C29H23N3O3/c33-25-17-16-24(28(34)31-25)32-23-15-14-22(20-12-7-13-21(26(20)23)29(32)35)30-27(18-8-3-1-4-9-18)19-10-5-2-6-11-19/h1-13,15,24,27H,14,16-17H2,(H,31,33,34). The molecule has 3 amide bonds. The summed E-state index contributed by atoms with van der Waals surface area (Å²) < 4.78 is 0. The van der Waals surface area contributed by atoms with Gasteiger partial charge in [-0.25, -0.2) is 0 Å². The van der Waals surface area contributed by atoms with Crippen molar-refractivity contribution < 1.29 is 14.4 Å². The van der Waals surface area contributed by atoms with Crippen molar-refractivity contribution in [3.05, 3.63) is 113 Å². The highest BCUT2D eigenvalue weighted by Gasteiger charge is 2.44. The number of aliphatic imine (C=N–C) groups is 1. The van der Waals surface area contributed by atoms with Gasteiger partial charge in [-0.1, -0.05) is 78.9 Å². The highest BCUT2D eigenvalue weighted by atomic mass is 16.2. The van der Waals surface area contributed by atoms with Crippen molar-refractivity contribution in [2.75, 3.05) is 0 Å². The molecule has 2 aliphatic heterocycles. The summed E-state index contributed by atoms with van der Waals surface area (Å²) in [6.07, 6.45) is 3.08. The average Bonchev–Trinajstić information content (AvgIpc) is 3.17. The number of amides is 3. The molecule has 0 aromatic heterocycles. The molecule has 6 heteroatoms. The molecule has 2 heterocycles. The Morgan fingerprint density at radius 2 is 1.49 bits per heavy atom. The maximum atomic E-state index is 13.4. The van der Waals surface area contributed by atoms with Gasteiger partial charge in [-0.2, -0.15) is 0 Å². The Kier molecular flexibility index (Phi) is 5.14. The fourth-order valence-electron chi connectivity index (χ4n) is 5.24. The number of piperidine rings is 1. The first-order valence-corrected chi connectivity index (χ1v) is 11.8. The van der Waals surface area contributed by atoms with Gasteiger partial charge < -0.3 is 0 Å². The normalized spacial score (nSPS) is 20.2. The third-order valence-electron chi connectivity index (χ3n) is 6.87. The first kappa shape index (κ1) is 21.2. The van der Waals surface area contributed by atoms with Crippen LogP contribution in [-0.2, 0) is 9.59 Å². The van der Waals surface area contributed by atoms with Crippen LogP contribution in [0.5, 0.6) is 0 Å². The number of benzene rings is 3. The molecule has 1 unspecified atom stereocenters. The maximum Gasteiger partial charge on any atom is 0.259 e. The third kappa shape index (κ3) is 3.58. The number of hydrogen-bond acceptors (Lipinski definition) is 4. The zero-order chi connectivity index (χ0) is 23.9. The lowest BCUT2D eigenvalue weighted by atomic mass is 9.90. The quantitative estimate of drug-likeness (QED) is 0.590. The largest absolute Gasteiger partial charge is 0.295 e. The predicted octanol–water partition coefficient (Wildman–Crippen LogP) is 4.27. The van der Waals surface area contributed by atoms with Crippen molar-refractivity contribution in [2.24, 2.45) is 4.99 Å². The molecule has 3 aromatic rings. The SMILES string of the molecule is O=C1CCC(N2C(=O)c3cccc4c3C2=CCC4=NC(c2ccccc2)c2ccccc2)C(=O)N1. The molecule has 1 atom stereocenters. The van der Waals surface area contributed by atoms with Crippen LogP contribution in [0, 0.1) is 0 Å². The lowest BCUT2D eigenvalue weighted by Crippen LogP contribution is -2.52. The van der Waals surface area contributed by atoms with Gasteiger partial charge in [-0.05, 0) is 23.6 Å². The molecule has 6 nitrogen and oxygen atoms in total. The van der Waals surface area contributed by atoms with Crippen molar-refractivity contribution in [1.29, 1.82) is 0 Å². The summed E-state index contributed by atoms with van der Waals surface area (Å²) in [6, 6.07) is 25.2. The van der Waals surface area contributed by atoms with E-state index in [9.17, 15) is 14.4 Å². The van der Waals surface area contributed by atoms with Gasteiger partial charge in [0, 0.05) is 40.9 Å². The van der Waals surface area contributed by atoms with Crippen LogP contribution in [0.4, 0.5) is 0 Å². The molecule has 0 radical (unpaired) electrons. The van der Waals surface area contributed by atoms with Gasteiger partial charge in [0.25, 0.3) is 5.91 Å². The summed E-state index contributed by atoms with van der Waals surface area (Å²) in [5, 5.41) is 2.38. The second-order valence-electron chi connectivity index (χ2n) is 8.96. The zero-order valence-electron chi connectivity index (χ0n) is 19.0. The minimum absolute atomic E-state index is 0.179. The number of imide groups is 1. The van der Waals surface area contributed by atoms with E-state index in [0.717, 1.165) is 33.7 Å². The Labute approximate surface area is 203 Å². The van der Waals surface area contributed by atoms with Crippen molar-refractivity contribution >= 4 is 29.1 Å². The smallest absolute Gasteiger partial charge is 0.259 e. The molecular weight excluding hydrogens is 438 g/mol. The Morgan fingerprint density at radius 1 is 0.829 bits per heavy atom. The molecule has 1 saturated heterocycles. The van der Waals surface area contributed by atoms with Gasteiger partial charge in [0.1, 0.15) is 12.1 Å². The molecule has 0 spiro atoms. The predicted molar refractivity (Wildman–Crippen MR) is 133 cm³/mol. The topological polar surface area (TPSA) is 78.8 Å². The van der Waals surface area contributed by atoms with Crippen LogP contribution in [0.15, 0.2) is 89.9 Å². The Bertz CT molecular complexity index is 1370. The van der Waals surface area contributed by atoms with E-state index in [-0.39, 0.29) is 24.3 Å². The number of nitrogens with one attached hydrogen (secondary N) is 1. The number of allylic oxidation sites excluding steroid dienone is 1.